The number of amides is 1. The van der Waals surface area contributed by atoms with Crippen molar-refractivity contribution in [3.05, 3.63) is 0 Å². The molecular weight excluding hydrogens is 154 g/mol. The van der Waals surface area contributed by atoms with Crippen molar-refractivity contribution >= 4 is 18.3 Å². The second-order valence-electron chi connectivity index (χ2n) is 3.02. The maximum absolute atomic E-state index is 10.6. The van der Waals surface area contributed by atoms with Gasteiger partial charge in [-0.1, -0.05) is 0 Å². The Hall–Kier alpha value is -0.320. The zero-order chi connectivity index (χ0) is 7.49. The quantitative estimate of drug-likeness (QED) is 0.243. The van der Waals surface area contributed by atoms with Crippen LogP contribution in [0.3, 0.4) is 0 Å². The van der Waals surface area contributed by atoms with Crippen molar-refractivity contribution < 1.29 is 9.28 Å². The Labute approximate surface area is 67.3 Å². The average Bonchev–Trinajstić information content (AvgIpc) is 1.62. The molecule has 0 fully saturated rings. The Morgan fingerprint density at radius 3 is 2.00 bits per heavy atom. The van der Waals surface area contributed by atoms with Gasteiger partial charge in [-0.25, -0.2) is 5.84 Å². The third-order valence-corrected chi connectivity index (χ3v) is 0.779. The van der Waals surface area contributed by atoms with Crippen LogP contribution in [0.2, 0.25) is 0 Å². The van der Waals surface area contributed by atoms with Gasteiger partial charge in [0.15, 0.2) is 6.54 Å². The van der Waals surface area contributed by atoms with Crippen LogP contribution >= 0.6 is 12.4 Å². The van der Waals surface area contributed by atoms with Crippen LogP contribution in [0.4, 0.5) is 0 Å². The molecule has 0 aliphatic heterocycles. The number of nitrogens with one attached hydrogen (secondary N) is 1. The Morgan fingerprint density at radius 2 is 1.90 bits per heavy atom. The molecule has 0 bridgehead atoms. The molecule has 0 radical (unpaired) electrons. The first kappa shape index (κ1) is 12.4. The lowest BCUT2D eigenvalue weighted by atomic mass is 10.5. The number of nitrogens with two attached hydrogens (primary N) is 1. The van der Waals surface area contributed by atoms with Crippen LogP contribution in [-0.2, 0) is 4.79 Å². The number of nitrogens with zero attached hydrogens (tertiary/aromatic N) is 1. The van der Waals surface area contributed by atoms with Crippen molar-refractivity contribution in [2.45, 2.75) is 0 Å². The number of likely N-dealkylation sites (N-methyl/N-ethyl adjacent to an activating group) is 1. The molecule has 1 amide bonds. The van der Waals surface area contributed by atoms with E-state index in [1.807, 2.05) is 21.1 Å². The molecule has 0 aromatic rings. The highest BCUT2D eigenvalue weighted by molar-refractivity contribution is 5.85. The van der Waals surface area contributed by atoms with E-state index in [1.165, 1.54) is 0 Å². The summed E-state index contributed by atoms with van der Waals surface area (Å²) in [4.78, 5) is 10.6. The smallest absolute Gasteiger partial charge is 0.289 e. The normalized spacial score (nSPS) is 10.0. The summed E-state index contributed by atoms with van der Waals surface area (Å²) in [6.07, 6.45) is 0. The van der Waals surface area contributed by atoms with E-state index in [0.29, 0.717) is 11.0 Å². The van der Waals surface area contributed by atoms with Crippen LogP contribution in [0.1, 0.15) is 0 Å². The monoisotopic (exact) mass is 168 g/mol. The predicted octanol–water partition coefficient (Wildman–Crippen LogP) is -0.896. The minimum atomic E-state index is -0.137. The zero-order valence-corrected chi connectivity index (χ0v) is 7.36. The third-order valence-electron chi connectivity index (χ3n) is 0.779. The summed E-state index contributed by atoms with van der Waals surface area (Å²) in [6.45, 7) is 0.413. The molecule has 3 N–H and O–H groups in total. The van der Waals surface area contributed by atoms with Crippen molar-refractivity contribution in [1.82, 2.24) is 5.43 Å². The number of hydrogen-bond acceptors (Lipinski definition) is 2. The van der Waals surface area contributed by atoms with E-state index in [9.17, 15) is 4.79 Å². The standard InChI is InChI=1S/C5H13N3O.ClH/c1-8(2,3)4-5(9)7-6;/h4,6H2,1-3H3;1H/p+1. The lowest BCUT2D eigenvalue weighted by Crippen LogP contribution is -2.46. The van der Waals surface area contributed by atoms with Crippen LogP contribution in [-0.4, -0.2) is 38.1 Å². The highest BCUT2D eigenvalue weighted by Crippen LogP contribution is 1.86. The topological polar surface area (TPSA) is 55.1 Å². The van der Waals surface area contributed by atoms with E-state index in [2.05, 4.69) is 5.43 Å². The van der Waals surface area contributed by atoms with Crippen molar-refractivity contribution in [3.8, 4) is 0 Å². The average molecular weight is 169 g/mol. The fourth-order valence-electron chi connectivity index (χ4n) is 0.476. The highest BCUT2D eigenvalue weighted by atomic mass is 35.5. The summed E-state index contributed by atoms with van der Waals surface area (Å²) in [5.74, 6) is 4.73. The van der Waals surface area contributed by atoms with Crippen molar-refractivity contribution in [2.24, 2.45) is 5.84 Å². The number of hydrazine groups is 1. The summed E-state index contributed by atoms with van der Waals surface area (Å²) < 4.78 is 0.600. The molecule has 0 saturated carbocycles. The molecule has 0 saturated heterocycles. The molecule has 0 spiro atoms. The number of rotatable bonds is 2. The van der Waals surface area contributed by atoms with Crippen LogP contribution < -0.4 is 11.3 Å². The first-order chi connectivity index (χ1) is 3.95. The van der Waals surface area contributed by atoms with Gasteiger partial charge in [0.25, 0.3) is 5.91 Å². The SMILES string of the molecule is C[N+](C)(C)CC(=O)NN.Cl. The summed E-state index contributed by atoms with van der Waals surface area (Å²) in [5.41, 5.74) is 2.07. The van der Waals surface area contributed by atoms with Gasteiger partial charge in [-0.15, -0.1) is 12.4 Å². The Morgan fingerprint density at radius 1 is 1.50 bits per heavy atom. The summed E-state index contributed by atoms with van der Waals surface area (Å²) in [5, 5.41) is 0. The molecule has 0 atom stereocenters. The number of carbonyl (C=O) groups excluding carboxylic acids is 1. The lowest BCUT2D eigenvalue weighted by molar-refractivity contribution is -0.862. The van der Waals surface area contributed by atoms with Crippen molar-refractivity contribution in [3.63, 3.8) is 0 Å². The van der Waals surface area contributed by atoms with E-state index in [4.69, 9.17) is 5.84 Å². The van der Waals surface area contributed by atoms with E-state index in [1.54, 1.807) is 0 Å². The van der Waals surface area contributed by atoms with Gasteiger partial charge in [0.2, 0.25) is 0 Å². The predicted molar refractivity (Wildman–Crippen MR) is 42.5 cm³/mol. The van der Waals surface area contributed by atoms with Crippen molar-refractivity contribution in [2.75, 3.05) is 27.7 Å². The van der Waals surface area contributed by atoms with Gasteiger partial charge >= 0.3 is 0 Å². The number of halogens is 1. The Bertz CT molecular complexity index is 110. The molecule has 0 aliphatic rings. The minimum absolute atomic E-state index is 0. The fraction of sp³-hybridized carbons (Fsp3) is 0.800. The molecule has 0 rings (SSSR count). The third kappa shape index (κ3) is 7.68. The zero-order valence-electron chi connectivity index (χ0n) is 6.55. The first-order valence-corrected chi connectivity index (χ1v) is 2.75. The first-order valence-electron chi connectivity index (χ1n) is 2.75. The van der Waals surface area contributed by atoms with Gasteiger partial charge in [-0.2, -0.15) is 0 Å². The number of hydrogen-bond donors (Lipinski definition) is 2. The van der Waals surface area contributed by atoms with Crippen molar-refractivity contribution in [1.29, 1.82) is 0 Å². The van der Waals surface area contributed by atoms with Gasteiger partial charge in [0.1, 0.15) is 0 Å². The van der Waals surface area contributed by atoms with Crippen LogP contribution in [0, 0.1) is 0 Å². The molecule has 5 heteroatoms. The van der Waals surface area contributed by atoms with Crippen LogP contribution in [0.25, 0.3) is 0 Å². The maximum atomic E-state index is 10.6. The highest BCUT2D eigenvalue weighted by Gasteiger charge is 2.11. The second-order valence-corrected chi connectivity index (χ2v) is 3.02. The Kier molecular flexibility index (Phi) is 5.55. The van der Waals surface area contributed by atoms with Gasteiger partial charge in [0, 0.05) is 0 Å². The summed E-state index contributed by atoms with van der Waals surface area (Å²) >= 11 is 0. The van der Waals surface area contributed by atoms with Gasteiger partial charge in [-0.05, 0) is 0 Å². The molecule has 0 aliphatic carbocycles. The van der Waals surface area contributed by atoms with Crippen LogP contribution in [0.15, 0.2) is 0 Å². The van der Waals surface area contributed by atoms with Gasteiger partial charge in [-0.3, -0.25) is 10.2 Å². The Balaban J connectivity index is 0. The number of quaternary nitrogens is 1. The fourth-order valence-corrected chi connectivity index (χ4v) is 0.476. The molecule has 62 valence electrons. The van der Waals surface area contributed by atoms with Gasteiger partial charge < -0.3 is 4.48 Å². The minimum Gasteiger partial charge on any atom is -0.323 e. The van der Waals surface area contributed by atoms with E-state index < -0.39 is 0 Å². The van der Waals surface area contributed by atoms with E-state index in [0.717, 1.165) is 0 Å². The summed E-state index contributed by atoms with van der Waals surface area (Å²) in [6, 6.07) is 0. The molecule has 0 aromatic carbocycles. The maximum Gasteiger partial charge on any atom is 0.289 e. The lowest BCUT2D eigenvalue weighted by Gasteiger charge is -2.21. The molecule has 0 unspecified atom stereocenters. The van der Waals surface area contributed by atoms with E-state index in [-0.39, 0.29) is 18.3 Å². The molecule has 4 nitrogen and oxygen atoms in total. The molecule has 10 heavy (non-hydrogen) atoms. The molecule has 0 aromatic heterocycles. The van der Waals surface area contributed by atoms with E-state index >= 15 is 0 Å². The largest absolute Gasteiger partial charge is 0.323 e. The number of carbonyl (C=O) groups is 1. The summed E-state index contributed by atoms with van der Waals surface area (Å²) in [7, 11) is 5.78. The second kappa shape index (κ2) is 4.49. The van der Waals surface area contributed by atoms with Gasteiger partial charge in [0.05, 0.1) is 21.1 Å². The molecule has 0 heterocycles. The molecular formula is C5H15ClN3O+. The van der Waals surface area contributed by atoms with Crippen LogP contribution in [0.5, 0.6) is 0 Å².